The standard InChI is InChI=1S/C18H18O2/c1-12-5-4-8-16-14(12)10-9-13-6-2-3-7-15(13)17(16)11-18(19)20/h2-8,17H,9-11H2,1H3,(H,19,20). The van der Waals surface area contributed by atoms with E-state index >= 15 is 0 Å². The fourth-order valence-corrected chi connectivity index (χ4v) is 3.32. The van der Waals surface area contributed by atoms with Gasteiger partial charge in [0.05, 0.1) is 6.42 Å². The molecule has 3 rings (SSSR count). The molecule has 0 spiro atoms. The molecule has 0 bridgehead atoms. The Labute approximate surface area is 119 Å². The zero-order chi connectivity index (χ0) is 14.1. The van der Waals surface area contributed by atoms with Gasteiger partial charge in [-0.05, 0) is 47.6 Å². The number of benzene rings is 2. The molecule has 1 aliphatic carbocycles. The van der Waals surface area contributed by atoms with Crippen LogP contribution in [0.3, 0.4) is 0 Å². The zero-order valence-corrected chi connectivity index (χ0v) is 11.6. The monoisotopic (exact) mass is 266 g/mol. The second-order valence-electron chi connectivity index (χ2n) is 5.49. The SMILES string of the molecule is Cc1cccc2c1CCc1ccccc1C2CC(=O)O. The van der Waals surface area contributed by atoms with Gasteiger partial charge >= 0.3 is 5.97 Å². The average molecular weight is 266 g/mol. The van der Waals surface area contributed by atoms with E-state index in [0.29, 0.717) is 0 Å². The minimum atomic E-state index is -0.737. The maximum atomic E-state index is 11.3. The number of fused-ring (bicyclic) bond motifs is 2. The number of carboxylic acids is 1. The Kier molecular flexibility index (Phi) is 3.31. The Morgan fingerprint density at radius 2 is 1.85 bits per heavy atom. The normalized spacial score (nSPS) is 16.9. The molecule has 2 heteroatoms. The first-order valence-corrected chi connectivity index (χ1v) is 7.05. The summed E-state index contributed by atoms with van der Waals surface area (Å²) in [6, 6.07) is 14.5. The van der Waals surface area contributed by atoms with Gasteiger partial charge in [0.25, 0.3) is 0 Å². The Hall–Kier alpha value is -2.09. The van der Waals surface area contributed by atoms with Crippen LogP contribution in [0.5, 0.6) is 0 Å². The first-order chi connectivity index (χ1) is 9.66. The van der Waals surface area contributed by atoms with Crippen molar-refractivity contribution in [3.63, 3.8) is 0 Å². The van der Waals surface area contributed by atoms with Crippen LogP contribution in [-0.2, 0) is 17.6 Å². The molecule has 0 saturated carbocycles. The average Bonchev–Trinajstić information content (AvgIpc) is 2.58. The van der Waals surface area contributed by atoms with Crippen molar-refractivity contribution in [2.24, 2.45) is 0 Å². The smallest absolute Gasteiger partial charge is 0.304 e. The van der Waals surface area contributed by atoms with Crippen LogP contribution in [0.4, 0.5) is 0 Å². The summed E-state index contributed by atoms with van der Waals surface area (Å²) in [4.78, 5) is 11.3. The molecule has 0 aromatic heterocycles. The van der Waals surface area contributed by atoms with Crippen LogP contribution in [0, 0.1) is 6.92 Å². The number of carboxylic acid groups (broad SMARTS) is 1. The summed E-state index contributed by atoms with van der Waals surface area (Å²) < 4.78 is 0. The largest absolute Gasteiger partial charge is 0.481 e. The van der Waals surface area contributed by atoms with E-state index in [2.05, 4.69) is 31.2 Å². The van der Waals surface area contributed by atoms with Crippen LogP contribution in [0.1, 0.15) is 40.2 Å². The number of aryl methyl sites for hydroxylation is 2. The van der Waals surface area contributed by atoms with Crippen LogP contribution in [0.2, 0.25) is 0 Å². The van der Waals surface area contributed by atoms with E-state index in [1.165, 1.54) is 27.8 Å². The minimum absolute atomic E-state index is 0.0268. The molecule has 1 aliphatic rings. The molecule has 0 amide bonds. The summed E-state index contributed by atoms with van der Waals surface area (Å²) in [6.45, 7) is 2.12. The zero-order valence-electron chi connectivity index (χ0n) is 11.6. The van der Waals surface area contributed by atoms with Gasteiger partial charge in [-0.15, -0.1) is 0 Å². The lowest BCUT2D eigenvalue weighted by atomic mass is 9.85. The van der Waals surface area contributed by atoms with Crippen LogP contribution in [0.25, 0.3) is 0 Å². The van der Waals surface area contributed by atoms with Crippen LogP contribution in [-0.4, -0.2) is 11.1 Å². The first kappa shape index (κ1) is 12.9. The second kappa shape index (κ2) is 5.12. The van der Waals surface area contributed by atoms with Crippen molar-refractivity contribution in [1.82, 2.24) is 0 Å². The van der Waals surface area contributed by atoms with E-state index in [1.807, 2.05) is 18.2 Å². The van der Waals surface area contributed by atoms with Gasteiger partial charge in [0, 0.05) is 5.92 Å². The van der Waals surface area contributed by atoms with Crippen molar-refractivity contribution in [3.05, 3.63) is 70.3 Å². The van der Waals surface area contributed by atoms with Gasteiger partial charge in [-0.2, -0.15) is 0 Å². The molecule has 2 aromatic carbocycles. The highest BCUT2D eigenvalue weighted by molar-refractivity contribution is 5.70. The number of hydrogen-bond donors (Lipinski definition) is 1. The fourth-order valence-electron chi connectivity index (χ4n) is 3.32. The highest BCUT2D eigenvalue weighted by Crippen LogP contribution is 2.37. The van der Waals surface area contributed by atoms with E-state index in [0.717, 1.165) is 12.8 Å². The van der Waals surface area contributed by atoms with Crippen LogP contribution in [0.15, 0.2) is 42.5 Å². The summed E-state index contributed by atoms with van der Waals surface area (Å²) in [5, 5.41) is 9.28. The molecule has 2 aromatic rings. The van der Waals surface area contributed by atoms with Crippen molar-refractivity contribution in [2.75, 3.05) is 0 Å². The second-order valence-corrected chi connectivity index (χ2v) is 5.49. The lowest BCUT2D eigenvalue weighted by Gasteiger charge is -2.19. The molecule has 0 radical (unpaired) electrons. The predicted molar refractivity (Wildman–Crippen MR) is 79.1 cm³/mol. The Morgan fingerprint density at radius 3 is 2.65 bits per heavy atom. The summed E-state index contributed by atoms with van der Waals surface area (Å²) >= 11 is 0. The topological polar surface area (TPSA) is 37.3 Å². The summed E-state index contributed by atoms with van der Waals surface area (Å²) in [5.41, 5.74) is 6.26. The fraction of sp³-hybridized carbons (Fsp3) is 0.278. The molecular weight excluding hydrogens is 248 g/mol. The number of aliphatic carboxylic acids is 1. The minimum Gasteiger partial charge on any atom is -0.481 e. The molecule has 0 heterocycles. The van der Waals surface area contributed by atoms with Crippen molar-refractivity contribution < 1.29 is 9.90 Å². The summed E-state index contributed by atoms with van der Waals surface area (Å²) in [7, 11) is 0. The molecule has 0 fully saturated rings. The van der Waals surface area contributed by atoms with E-state index in [-0.39, 0.29) is 12.3 Å². The Balaban J connectivity index is 2.19. The third-order valence-electron chi connectivity index (χ3n) is 4.28. The van der Waals surface area contributed by atoms with E-state index in [4.69, 9.17) is 0 Å². The molecule has 0 aliphatic heterocycles. The number of hydrogen-bond acceptors (Lipinski definition) is 1. The Bertz CT molecular complexity index is 658. The molecule has 2 nitrogen and oxygen atoms in total. The predicted octanol–water partition coefficient (Wildman–Crippen LogP) is 3.70. The van der Waals surface area contributed by atoms with Gasteiger partial charge < -0.3 is 5.11 Å². The van der Waals surface area contributed by atoms with E-state index in [1.54, 1.807) is 0 Å². The van der Waals surface area contributed by atoms with Gasteiger partial charge in [-0.3, -0.25) is 4.79 Å². The molecule has 102 valence electrons. The van der Waals surface area contributed by atoms with Gasteiger partial charge in [-0.25, -0.2) is 0 Å². The molecule has 20 heavy (non-hydrogen) atoms. The van der Waals surface area contributed by atoms with Gasteiger partial charge in [0.1, 0.15) is 0 Å². The third kappa shape index (κ3) is 2.22. The lowest BCUT2D eigenvalue weighted by molar-refractivity contribution is -0.137. The molecular formula is C18H18O2. The molecule has 1 unspecified atom stereocenters. The molecule has 0 saturated heterocycles. The van der Waals surface area contributed by atoms with E-state index in [9.17, 15) is 9.90 Å². The molecule has 1 N–H and O–H groups in total. The summed E-state index contributed by atoms with van der Waals surface area (Å²) in [5.74, 6) is -0.764. The van der Waals surface area contributed by atoms with Gasteiger partial charge in [0.2, 0.25) is 0 Å². The maximum absolute atomic E-state index is 11.3. The number of carbonyl (C=O) groups is 1. The first-order valence-electron chi connectivity index (χ1n) is 7.05. The van der Waals surface area contributed by atoms with Crippen molar-refractivity contribution in [3.8, 4) is 0 Å². The Morgan fingerprint density at radius 1 is 1.10 bits per heavy atom. The van der Waals surface area contributed by atoms with E-state index < -0.39 is 5.97 Å². The molecule has 1 atom stereocenters. The van der Waals surface area contributed by atoms with Crippen LogP contribution < -0.4 is 0 Å². The lowest BCUT2D eigenvalue weighted by Crippen LogP contribution is -2.10. The van der Waals surface area contributed by atoms with Crippen LogP contribution >= 0.6 is 0 Å². The van der Waals surface area contributed by atoms with Crippen molar-refractivity contribution in [1.29, 1.82) is 0 Å². The quantitative estimate of drug-likeness (QED) is 0.900. The maximum Gasteiger partial charge on any atom is 0.304 e. The van der Waals surface area contributed by atoms with Crippen molar-refractivity contribution >= 4 is 5.97 Å². The number of rotatable bonds is 2. The van der Waals surface area contributed by atoms with Gasteiger partial charge in [-0.1, -0.05) is 42.5 Å². The van der Waals surface area contributed by atoms with Crippen molar-refractivity contribution in [2.45, 2.75) is 32.1 Å². The third-order valence-corrected chi connectivity index (χ3v) is 4.28. The summed E-state index contributed by atoms with van der Waals surface area (Å²) in [6.07, 6.45) is 2.15. The highest BCUT2D eigenvalue weighted by Gasteiger charge is 2.25. The van der Waals surface area contributed by atoms with Gasteiger partial charge in [0.15, 0.2) is 0 Å². The highest BCUT2D eigenvalue weighted by atomic mass is 16.4.